The lowest BCUT2D eigenvalue weighted by atomic mass is 9.95. The van der Waals surface area contributed by atoms with Crippen molar-refractivity contribution in [2.24, 2.45) is 5.92 Å². The minimum Gasteiger partial charge on any atom is -0.481 e. The number of aromatic nitrogens is 2. The Hall–Kier alpha value is -3.22. The summed E-state index contributed by atoms with van der Waals surface area (Å²) in [6.45, 7) is 2.77. The van der Waals surface area contributed by atoms with Crippen LogP contribution in [0, 0.1) is 24.5 Å². The van der Waals surface area contributed by atoms with Gasteiger partial charge >= 0.3 is 5.97 Å². The van der Waals surface area contributed by atoms with E-state index in [1.807, 2.05) is 17.0 Å². The summed E-state index contributed by atoms with van der Waals surface area (Å²) >= 11 is 0. The van der Waals surface area contributed by atoms with Gasteiger partial charge in [-0.1, -0.05) is 18.2 Å². The van der Waals surface area contributed by atoms with E-state index in [4.69, 9.17) is 0 Å². The van der Waals surface area contributed by atoms with Crippen molar-refractivity contribution in [3.8, 4) is 5.69 Å². The first-order valence-corrected chi connectivity index (χ1v) is 10.0. The summed E-state index contributed by atoms with van der Waals surface area (Å²) in [5.74, 6) is -1.25. The van der Waals surface area contributed by atoms with Crippen LogP contribution >= 0.6 is 0 Å². The number of hydrogen-bond donors (Lipinski definition) is 1. The second-order valence-corrected chi connectivity index (χ2v) is 8.10. The monoisotopic (exact) mass is 409 g/mol. The van der Waals surface area contributed by atoms with Gasteiger partial charge in [0.25, 0.3) is 0 Å². The Balaban J connectivity index is 1.44. The van der Waals surface area contributed by atoms with Gasteiger partial charge in [-0.15, -0.1) is 0 Å². The molecule has 7 heteroatoms. The van der Waals surface area contributed by atoms with E-state index in [1.54, 1.807) is 19.1 Å². The average molecular weight is 409 g/mol. The minimum absolute atomic E-state index is 0.103. The van der Waals surface area contributed by atoms with Crippen LogP contribution in [0.3, 0.4) is 0 Å². The molecule has 1 fully saturated rings. The van der Waals surface area contributed by atoms with Gasteiger partial charge in [-0.3, -0.25) is 4.79 Å². The molecule has 2 unspecified atom stereocenters. The van der Waals surface area contributed by atoms with E-state index in [9.17, 15) is 18.7 Å². The van der Waals surface area contributed by atoms with Crippen molar-refractivity contribution >= 4 is 11.8 Å². The number of anilines is 1. The molecule has 1 aliphatic heterocycles. The molecule has 3 aromatic rings. The maximum atomic E-state index is 15.0. The number of carbonyl (C=O) groups is 1. The van der Waals surface area contributed by atoms with Crippen molar-refractivity contribution in [2.75, 3.05) is 11.4 Å². The maximum Gasteiger partial charge on any atom is 0.307 e. The van der Waals surface area contributed by atoms with Gasteiger partial charge in [-0.05, 0) is 66.6 Å². The molecule has 0 bridgehead atoms. The van der Waals surface area contributed by atoms with Crippen LogP contribution in [0.2, 0.25) is 0 Å². The van der Waals surface area contributed by atoms with E-state index >= 15 is 0 Å². The summed E-state index contributed by atoms with van der Waals surface area (Å²) in [5.41, 5.74) is 4.26. The Morgan fingerprint density at radius 2 is 1.90 bits per heavy atom. The molecule has 1 aliphatic carbocycles. The van der Waals surface area contributed by atoms with E-state index in [0.717, 1.165) is 17.5 Å². The average Bonchev–Trinajstić information content (AvgIpc) is 3.49. The van der Waals surface area contributed by atoms with Crippen LogP contribution in [0.25, 0.3) is 5.69 Å². The molecule has 154 valence electrons. The highest BCUT2D eigenvalue weighted by Gasteiger charge is 2.44. The molecular formula is C23H21F2N3O2. The normalized spacial score (nSPS) is 20.2. The van der Waals surface area contributed by atoms with Crippen molar-refractivity contribution in [1.82, 2.24) is 9.78 Å². The minimum atomic E-state index is -0.733. The van der Waals surface area contributed by atoms with Gasteiger partial charge in [0.15, 0.2) is 11.6 Å². The first-order chi connectivity index (χ1) is 14.4. The molecule has 5 rings (SSSR count). The topological polar surface area (TPSA) is 58.4 Å². The molecule has 2 aliphatic rings. The number of halogens is 2. The van der Waals surface area contributed by atoms with Gasteiger partial charge in [0, 0.05) is 13.1 Å². The second-order valence-electron chi connectivity index (χ2n) is 8.10. The third-order valence-electron chi connectivity index (χ3n) is 6.11. The number of benzene rings is 2. The summed E-state index contributed by atoms with van der Waals surface area (Å²) in [5, 5.41) is 13.5. The van der Waals surface area contributed by atoms with E-state index in [1.165, 1.54) is 22.4 Å². The standard InChI is InChI=1S/C23H21F2N3O2/c1-13-21(25)22(28(26-13)18-6-4-17(24)5-7-18)27-9-8-14-10-15(2-3-16(14)12-27)19-11-20(19)23(29)30/h2-7,10,19-20H,8-9,11-12H2,1H3,(H,29,30). The third kappa shape index (κ3) is 3.14. The Morgan fingerprint density at radius 1 is 1.13 bits per heavy atom. The summed E-state index contributed by atoms with van der Waals surface area (Å²) < 4.78 is 29.8. The van der Waals surface area contributed by atoms with Crippen LogP contribution in [0.5, 0.6) is 0 Å². The Labute approximate surface area is 172 Å². The predicted molar refractivity (Wildman–Crippen MR) is 108 cm³/mol. The first kappa shape index (κ1) is 18.8. The van der Waals surface area contributed by atoms with Gasteiger partial charge < -0.3 is 10.0 Å². The summed E-state index contributed by atoms with van der Waals surface area (Å²) in [4.78, 5) is 13.1. The molecule has 1 N–H and O–H groups in total. The lowest BCUT2D eigenvalue weighted by Crippen LogP contribution is -2.32. The maximum absolute atomic E-state index is 15.0. The molecule has 30 heavy (non-hydrogen) atoms. The van der Waals surface area contributed by atoms with E-state index in [-0.39, 0.29) is 23.5 Å². The molecule has 0 amide bonds. The number of hydrogen-bond acceptors (Lipinski definition) is 3. The molecule has 0 spiro atoms. The zero-order chi connectivity index (χ0) is 21.0. The van der Waals surface area contributed by atoms with Crippen molar-refractivity contribution in [2.45, 2.75) is 32.2 Å². The highest BCUT2D eigenvalue weighted by Crippen LogP contribution is 2.48. The molecule has 2 heterocycles. The van der Waals surface area contributed by atoms with Crippen LogP contribution < -0.4 is 4.90 Å². The van der Waals surface area contributed by atoms with E-state index < -0.39 is 5.97 Å². The highest BCUT2D eigenvalue weighted by atomic mass is 19.1. The van der Waals surface area contributed by atoms with Crippen LogP contribution in [0.4, 0.5) is 14.6 Å². The number of fused-ring (bicyclic) bond motifs is 1. The van der Waals surface area contributed by atoms with Crippen LogP contribution in [0.1, 0.15) is 34.7 Å². The van der Waals surface area contributed by atoms with Crippen molar-refractivity contribution < 1.29 is 18.7 Å². The zero-order valence-corrected chi connectivity index (χ0v) is 16.5. The SMILES string of the molecule is Cc1nn(-c2ccc(F)cc2)c(N2CCc3cc(C4CC4C(=O)O)ccc3C2)c1F. The summed E-state index contributed by atoms with van der Waals surface area (Å²) in [6.07, 6.45) is 1.43. The van der Waals surface area contributed by atoms with Gasteiger partial charge in [-0.25, -0.2) is 13.5 Å². The number of aliphatic carboxylic acids is 1. The quantitative estimate of drug-likeness (QED) is 0.701. The molecule has 1 aromatic heterocycles. The lowest BCUT2D eigenvalue weighted by Gasteiger charge is -2.31. The molecule has 2 atom stereocenters. The van der Waals surface area contributed by atoms with Gasteiger partial charge in [0.1, 0.15) is 5.82 Å². The molecule has 5 nitrogen and oxygen atoms in total. The van der Waals surface area contributed by atoms with Gasteiger partial charge in [0.2, 0.25) is 0 Å². The summed E-state index contributed by atoms with van der Waals surface area (Å²) in [7, 11) is 0. The van der Waals surface area contributed by atoms with Gasteiger partial charge in [-0.2, -0.15) is 5.10 Å². The van der Waals surface area contributed by atoms with Crippen LogP contribution in [-0.4, -0.2) is 27.4 Å². The second kappa shape index (κ2) is 6.93. The Bertz CT molecular complexity index is 1140. The number of carboxylic acid groups (broad SMARTS) is 1. The molecule has 1 saturated carbocycles. The van der Waals surface area contributed by atoms with Crippen LogP contribution in [-0.2, 0) is 17.8 Å². The number of rotatable bonds is 4. The largest absolute Gasteiger partial charge is 0.481 e. The number of aryl methyl sites for hydroxylation is 1. The van der Waals surface area contributed by atoms with Crippen molar-refractivity contribution in [3.05, 3.63) is 76.5 Å². The Kier molecular flexibility index (Phi) is 4.34. The highest BCUT2D eigenvalue weighted by molar-refractivity contribution is 5.75. The fourth-order valence-electron chi connectivity index (χ4n) is 4.35. The lowest BCUT2D eigenvalue weighted by molar-refractivity contribution is -0.138. The van der Waals surface area contributed by atoms with Crippen molar-refractivity contribution in [1.29, 1.82) is 0 Å². The zero-order valence-electron chi connectivity index (χ0n) is 16.5. The van der Waals surface area contributed by atoms with Gasteiger partial charge in [0.05, 0.1) is 17.3 Å². The predicted octanol–water partition coefficient (Wildman–Crippen LogP) is 4.21. The molecule has 2 aromatic carbocycles. The van der Waals surface area contributed by atoms with E-state index in [0.29, 0.717) is 36.7 Å². The number of carboxylic acids is 1. The summed E-state index contributed by atoms with van der Waals surface area (Å²) in [6, 6.07) is 12.0. The van der Waals surface area contributed by atoms with E-state index in [2.05, 4.69) is 11.2 Å². The molecular weight excluding hydrogens is 388 g/mol. The third-order valence-corrected chi connectivity index (χ3v) is 6.11. The smallest absolute Gasteiger partial charge is 0.307 e. The molecule has 0 radical (unpaired) electrons. The van der Waals surface area contributed by atoms with Crippen LogP contribution in [0.15, 0.2) is 42.5 Å². The van der Waals surface area contributed by atoms with Crippen molar-refractivity contribution in [3.63, 3.8) is 0 Å². The Morgan fingerprint density at radius 3 is 2.60 bits per heavy atom. The number of nitrogens with zero attached hydrogens (tertiary/aromatic N) is 3. The fourth-order valence-corrected chi connectivity index (χ4v) is 4.35. The first-order valence-electron chi connectivity index (χ1n) is 10.0. The molecule has 0 saturated heterocycles. The fraction of sp³-hybridized carbons (Fsp3) is 0.304.